The Bertz CT molecular complexity index is 1190. The average molecular weight is 526 g/mol. The molecule has 196 valence electrons. The zero-order valence-corrected chi connectivity index (χ0v) is 21.6. The predicted molar refractivity (Wildman–Crippen MR) is 140 cm³/mol. The van der Waals surface area contributed by atoms with Gasteiger partial charge in [0.25, 0.3) is 0 Å². The van der Waals surface area contributed by atoms with Crippen molar-refractivity contribution >= 4 is 40.7 Å². The first-order valence-corrected chi connectivity index (χ1v) is 13.2. The second-order valence-corrected chi connectivity index (χ2v) is 10.7. The zero-order chi connectivity index (χ0) is 26.3. The van der Waals surface area contributed by atoms with Crippen LogP contribution in [0.4, 0.5) is 11.4 Å². The summed E-state index contributed by atoms with van der Waals surface area (Å²) in [6.45, 7) is 3.62. The summed E-state index contributed by atoms with van der Waals surface area (Å²) < 4.78 is 6.47. The molecule has 9 heteroatoms. The topological polar surface area (TPSA) is 108 Å². The van der Waals surface area contributed by atoms with E-state index < -0.39 is 41.5 Å². The van der Waals surface area contributed by atoms with Gasteiger partial charge < -0.3 is 25.4 Å². The molecule has 0 aromatic heterocycles. The molecule has 1 spiro atoms. The lowest BCUT2D eigenvalue weighted by Gasteiger charge is -2.38. The molecule has 0 saturated carbocycles. The van der Waals surface area contributed by atoms with Crippen LogP contribution >= 0.6 is 11.6 Å². The number of anilines is 2. The van der Waals surface area contributed by atoms with Gasteiger partial charge in [-0.25, -0.2) is 0 Å². The number of para-hydroxylation sites is 2. The van der Waals surface area contributed by atoms with Gasteiger partial charge in [-0.05, 0) is 43.0 Å². The highest BCUT2D eigenvalue weighted by Crippen LogP contribution is 2.59. The number of nitrogens with zero attached hydrogens (tertiary/aromatic N) is 1. The van der Waals surface area contributed by atoms with E-state index in [4.69, 9.17) is 16.3 Å². The second kappa shape index (κ2) is 10.1. The van der Waals surface area contributed by atoms with Crippen LogP contribution in [-0.4, -0.2) is 58.1 Å². The lowest BCUT2D eigenvalue weighted by atomic mass is 9.70. The number of aliphatic hydroxyl groups is 1. The van der Waals surface area contributed by atoms with Crippen LogP contribution in [0.2, 0.25) is 5.02 Å². The summed E-state index contributed by atoms with van der Waals surface area (Å²) in [6, 6.07) is 14.4. The third kappa shape index (κ3) is 4.21. The molecule has 5 rings (SSSR count). The molecule has 3 saturated heterocycles. The summed E-state index contributed by atoms with van der Waals surface area (Å²) in [5.41, 5.74) is -0.101. The number of nitrogens with one attached hydrogen (secondary N) is 2. The molecular weight excluding hydrogens is 494 g/mol. The van der Waals surface area contributed by atoms with Crippen molar-refractivity contribution in [3.63, 3.8) is 0 Å². The molecule has 2 unspecified atom stereocenters. The number of fused-ring (bicyclic) bond motifs is 1. The molecule has 7 atom stereocenters. The molecule has 37 heavy (non-hydrogen) atoms. The van der Waals surface area contributed by atoms with Crippen molar-refractivity contribution in [3.8, 4) is 0 Å². The van der Waals surface area contributed by atoms with Gasteiger partial charge in [-0.3, -0.25) is 14.4 Å². The van der Waals surface area contributed by atoms with Gasteiger partial charge in [-0.1, -0.05) is 62.2 Å². The second-order valence-electron chi connectivity index (χ2n) is 10.3. The van der Waals surface area contributed by atoms with E-state index >= 15 is 0 Å². The maximum absolute atomic E-state index is 14.1. The van der Waals surface area contributed by atoms with Crippen LogP contribution in [0, 0.1) is 17.8 Å². The molecule has 3 aliphatic rings. The molecule has 3 fully saturated rings. The molecule has 8 nitrogen and oxygen atoms in total. The molecular formula is C28H32ClN3O5. The Labute approximate surface area is 221 Å². The first-order valence-electron chi connectivity index (χ1n) is 12.8. The van der Waals surface area contributed by atoms with E-state index in [1.54, 1.807) is 36.4 Å². The highest BCUT2D eigenvalue weighted by molar-refractivity contribution is 6.33. The van der Waals surface area contributed by atoms with Crippen molar-refractivity contribution in [1.82, 2.24) is 4.90 Å². The Morgan fingerprint density at radius 1 is 1.14 bits per heavy atom. The van der Waals surface area contributed by atoms with Gasteiger partial charge in [0.2, 0.25) is 17.7 Å². The number of benzene rings is 2. The van der Waals surface area contributed by atoms with E-state index in [1.165, 1.54) is 4.90 Å². The summed E-state index contributed by atoms with van der Waals surface area (Å²) in [5, 5.41) is 16.6. The van der Waals surface area contributed by atoms with Crippen molar-refractivity contribution in [1.29, 1.82) is 0 Å². The van der Waals surface area contributed by atoms with Gasteiger partial charge in [0.1, 0.15) is 11.6 Å². The fourth-order valence-corrected chi connectivity index (χ4v) is 6.56. The first kappa shape index (κ1) is 25.7. The Kier molecular flexibility index (Phi) is 7.00. The molecule has 0 radical (unpaired) electrons. The summed E-state index contributed by atoms with van der Waals surface area (Å²) in [4.78, 5) is 43.1. The summed E-state index contributed by atoms with van der Waals surface area (Å²) >= 11 is 6.31. The summed E-state index contributed by atoms with van der Waals surface area (Å²) in [7, 11) is 0. The van der Waals surface area contributed by atoms with E-state index in [0.717, 1.165) is 0 Å². The van der Waals surface area contributed by atoms with Crippen molar-refractivity contribution < 1.29 is 24.2 Å². The van der Waals surface area contributed by atoms with Crippen LogP contribution in [0.1, 0.15) is 33.1 Å². The van der Waals surface area contributed by atoms with Crippen molar-refractivity contribution in [2.45, 2.75) is 56.9 Å². The minimum atomic E-state index is -1.16. The maximum atomic E-state index is 14.1. The van der Waals surface area contributed by atoms with E-state index in [0.29, 0.717) is 35.7 Å². The van der Waals surface area contributed by atoms with Gasteiger partial charge in [0, 0.05) is 5.69 Å². The fourth-order valence-electron chi connectivity index (χ4n) is 6.37. The molecule has 0 aliphatic carbocycles. The normalized spacial score (nSPS) is 29.6. The maximum Gasteiger partial charge on any atom is 0.250 e. The van der Waals surface area contributed by atoms with Crippen LogP contribution in [0.25, 0.3) is 0 Å². The quantitative estimate of drug-likeness (QED) is 0.487. The van der Waals surface area contributed by atoms with Crippen LogP contribution < -0.4 is 10.6 Å². The number of likely N-dealkylation sites (tertiary alicyclic amines) is 1. The third-order valence-electron chi connectivity index (χ3n) is 8.31. The summed E-state index contributed by atoms with van der Waals surface area (Å²) in [5.74, 6) is -2.70. The molecule has 2 aromatic rings. The number of halogens is 1. The van der Waals surface area contributed by atoms with E-state index in [9.17, 15) is 19.5 Å². The SMILES string of the molecule is CC[C@H](C)[C@H](CO)N1C(=O)[C@@H]2[C@@H](C(=O)Nc3ccccc3)[C@H]3CCC2(O3)C1C(=O)Nc1ccccc1Cl. The van der Waals surface area contributed by atoms with Crippen molar-refractivity contribution in [2.75, 3.05) is 17.2 Å². The van der Waals surface area contributed by atoms with Crippen molar-refractivity contribution in [3.05, 3.63) is 59.6 Å². The number of hydrogen-bond acceptors (Lipinski definition) is 5. The minimum absolute atomic E-state index is 0.0754. The molecule has 3 amide bonds. The van der Waals surface area contributed by atoms with Gasteiger partial charge in [-0.2, -0.15) is 0 Å². The fraction of sp³-hybridized carbons (Fsp3) is 0.464. The van der Waals surface area contributed by atoms with E-state index in [1.807, 2.05) is 32.0 Å². The molecule has 2 aromatic carbocycles. The summed E-state index contributed by atoms with van der Waals surface area (Å²) in [6.07, 6.45) is 1.27. The van der Waals surface area contributed by atoms with Crippen LogP contribution in [-0.2, 0) is 19.1 Å². The number of ether oxygens (including phenoxy) is 1. The standard InChI is InChI=1S/C28H32ClN3O5/c1-3-16(2)20(15-33)32-24(26(35)31-19-12-8-7-11-18(19)29)28-14-13-21(37-28)22(23(28)27(32)36)25(34)30-17-9-5-4-6-10-17/h4-12,16,20-24,33H,3,13-15H2,1-2H3,(H,30,34)(H,31,35)/t16-,20-,21+,22-,23-,24?,28?/m0/s1. The Hall–Kier alpha value is -2.94. The van der Waals surface area contributed by atoms with Crippen LogP contribution in [0.3, 0.4) is 0 Å². The molecule has 3 N–H and O–H groups in total. The van der Waals surface area contributed by atoms with Crippen LogP contribution in [0.5, 0.6) is 0 Å². The van der Waals surface area contributed by atoms with Gasteiger partial charge in [0.05, 0.1) is 41.3 Å². The Morgan fingerprint density at radius 2 is 1.84 bits per heavy atom. The monoisotopic (exact) mass is 525 g/mol. The molecule has 3 heterocycles. The predicted octanol–water partition coefficient (Wildman–Crippen LogP) is 3.70. The molecule has 3 aliphatic heterocycles. The van der Waals surface area contributed by atoms with E-state index in [2.05, 4.69) is 10.6 Å². The van der Waals surface area contributed by atoms with E-state index in [-0.39, 0.29) is 24.3 Å². The van der Waals surface area contributed by atoms with Gasteiger partial charge in [0.15, 0.2) is 0 Å². The van der Waals surface area contributed by atoms with Gasteiger partial charge >= 0.3 is 0 Å². The highest BCUT2D eigenvalue weighted by atomic mass is 35.5. The number of aliphatic hydroxyl groups excluding tert-OH is 1. The smallest absolute Gasteiger partial charge is 0.250 e. The Balaban J connectivity index is 1.53. The minimum Gasteiger partial charge on any atom is -0.394 e. The van der Waals surface area contributed by atoms with Gasteiger partial charge in [-0.15, -0.1) is 0 Å². The number of hydrogen-bond donors (Lipinski definition) is 3. The third-order valence-corrected chi connectivity index (χ3v) is 8.64. The average Bonchev–Trinajstić information content (AvgIpc) is 3.54. The first-order chi connectivity index (χ1) is 17.8. The lowest BCUT2D eigenvalue weighted by Crippen LogP contribution is -2.57. The number of amides is 3. The van der Waals surface area contributed by atoms with Crippen LogP contribution in [0.15, 0.2) is 54.6 Å². The number of rotatable bonds is 8. The number of carbonyl (C=O) groups excluding carboxylic acids is 3. The zero-order valence-electron chi connectivity index (χ0n) is 20.9. The highest BCUT2D eigenvalue weighted by Gasteiger charge is 2.75. The lowest BCUT2D eigenvalue weighted by molar-refractivity contribution is -0.144. The molecule has 2 bridgehead atoms. The van der Waals surface area contributed by atoms with Crippen molar-refractivity contribution in [2.24, 2.45) is 17.8 Å². The number of carbonyl (C=O) groups is 3. The Morgan fingerprint density at radius 3 is 2.51 bits per heavy atom. The largest absolute Gasteiger partial charge is 0.394 e.